The summed E-state index contributed by atoms with van der Waals surface area (Å²) >= 11 is 1.46. The molecule has 0 radical (unpaired) electrons. The zero-order valence-electron chi connectivity index (χ0n) is 16.2. The molecule has 1 aliphatic rings. The Balaban J connectivity index is 1.38. The molecule has 0 unspecified atom stereocenters. The van der Waals surface area contributed by atoms with Crippen LogP contribution in [0.15, 0.2) is 41.4 Å². The molecule has 2 heterocycles. The van der Waals surface area contributed by atoms with Crippen LogP contribution in [0.5, 0.6) is 11.5 Å². The molecule has 1 aliphatic heterocycles. The Kier molecular flexibility index (Phi) is 5.13. The van der Waals surface area contributed by atoms with Gasteiger partial charge in [0, 0.05) is 11.9 Å². The Hall–Kier alpha value is -2.73. The number of aryl methyl sites for hydroxylation is 3. The molecule has 144 valence electrons. The second-order valence-electron chi connectivity index (χ2n) is 7.01. The number of amides is 1. The maximum Gasteiger partial charge on any atom is 0.231 e. The number of nitrogens with one attached hydrogen (secondary N) is 1. The number of benzene rings is 2. The van der Waals surface area contributed by atoms with Crippen LogP contribution >= 0.6 is 11.8 Å². The van der Waals surface area contributed by atoms with E-state index in [1.54, 1.807) is 0 Å². The van der Waals surface area contributed by atoms with Gasteiger partial charge >= 0.3 is 0 Å². The quantitative estimate of drug-likeness (QED) is 0.654. The molecule has 1 amide bonds. The number of rotatable bonds is 5. The lowest BCUT2D eigenvalue weighted by atomic mass is 10.0. The first-order valence-corrected chi connectivity index (χ1v) is 10.1. The van der Waals surface area contributed by atoms with Crippen molar-refractivity contribution in [1.29, 1.82) is 0 Å². The minimum absolute atomic E-state index is 0.0251. The fourth-order valence-corrected chi connectivity index (χ4v) is 4.13. The van der Waals surface area contributed by atoms with Crippen molar-refractivity contribution in [1.82, 2.24) is 10.3 Å². The van der Waals surface area contributed by atoms with E-state index in [1.807, 2.05) is 18.2 Å². The topological polar surface area (TPSA) is 60.5 Å². The van der Waals surface area contributed by atoms with E-state index in [2.05, 4.69) is 44.3 Å². The van der Waals surface area contributed by atoms with Gasteiger partial charge in [0.1, 0.15) is 0 Å². The van der Waals surface area contributed by atoms with E-state index < -0.39 is 0 Å². The molecule has 6 heteroatoms. The van der Waals surface area contributed by atoms with Crippen LogP contribution < -0.4 is 14.8 Å². The first kappa shape index (κ1) is 18.6. The van der Waals surface area contributed by atoms with Crippen LogP contribution in [0.25, 0.3) is 10.9 Å². The van der Waals surface area contributed by atoms with Gasteiger partial charge in [-0.25, -0.2) is 4.98 Å². The Morgan fingerprint density at radius 1 is 1.07 bits per heavy atom. The highest BCUT2D eigenvalue weighted by atomic mass is 32.2. The summed E-state index contributed by atoms with van der Waals surface area (Å²) in [5.74, 6) is 1.77. The molecular formula is C22H22N2O3S. The van der Waals surface area contributed by atoms with Crippen LogP contribution in [-0.4, -0.2) is 23.4 Å². The lowest BCUT2D eigenvalue weighted by Gasteiger charge is -2.10. The second kappa shape index (κ2) is 7.72. The number of nitrogens with zero attached hydrogens (tertiary/aromatic N) is 1. The van der Waals surface area contributed by atoms with Crippen LogP contribution in [0.3, 0.4) is 0 Å². The summed E-state index contributed by atoms with van der Waals surface area (Å²) in [6.07, 6.45) is 0. The molecule has 1 N–H and O–H groups in total. The number of carbonyl (C=O) groups is 1. The van der Waals surface area contributed by atoms with Crippen LogP contribution in [-0.2, 0) is 11.3 Å². The van der Waals surface area contributed by atoms with Crippen LogP contribution in [0.4, 0.5) is 0 Å². The van der Waals surface area contributed by atoms with Crippen molar-refractivity contribution < 1.29 is 14.3 Å². The van der Waals surface area contributed by atoms with E-state index in [0.29, 0.717) is 12.3 Å². The average Bonchev–Trinajstić information content (AvgIpc) is 3.13. The molecule has 3 aromatic rings. The molecule has 0 saturated carbocycles. The first-order chi connectivity index (χ1) is 13.5. The van der Waals surface area contributed by atoms with Gasteiger partial charge in [-0.15, -0.1) is 0 Å². The van der Waals surface area contributed by atoms with E-state index in [-0.39, 0.29) is 12.7 Å². The van der Waals surface area contributed by atoms with Gasteiger partial charge in [0.15, 0.2) is 11.5 Å². The number of fused-ring (bicyclic) bond motifs is 2. The minimum atomic E-state index is -0.0251. The summed E-state index contributed by atoms with van der Waals surface area (Å²) in [5, 5.41) is 4.99. The number of aromatic nitrogens is 1. The van der Waals surface area contributed by atoms with Crippen LogP contribution in [0, 0.1) is 20.8 Å². The Labute approximate surface area is 168 Å². The third kappa shape index (κ3) is 3.92. The van der Waals surface area contributed by atoms with Crippen molar-refractivity contribution >= 4 is 28.6 Å². The van der Waals surface area contributed by atoms with Crippen LogP contribution in [0.1, 0.15) is 22.3 Å². The smallest absolute Gasteiger partial charge is 0.231 e. The monoisotopic (exact) mass is 394 g/mol. The normalized spacial score (nSPS) is 12.4. The van der Waals surface area contributed by atoms with E-state index >= 15 is 0 Å². The lowest BCUT2D eigenvalue weighted by Crippen LogP contribution is -2.24. The molecule has 5 nitrogen and oxygen atoms in total. The molecule has 0 bridgehead atoms. The van der Waals surface area contributed by atoms with Crippen molar-refractivity contribution in [2.45, 2.75) is 32.3 Å². The predicted octanol–water partition coefficient (Wildman–Crippen LogP) is 4.30. The van der Waals surface area contributed by atoms with E-state index in [0.717, 1.165) is 33.2 Å². The zero-order chi connectivity index (χ0) is 19.7. The molecule has 2 aromatic carbocycles. The standard InChI is InChI=1S/C22H22N2O3S/c1-13-6-15(3)22-17(7-13)14(2)8-21(24-22)28-11-20(25)23-10-16-4-5-18-19(9-16)27-12-26-18/h4-9H,10-12H2,1-3H3,(H,23,25). The summed E-state index contributed by atoms with van der Waals surface area (Å²) < 4.78 is 10.7. The molecule has 0 saturated heterocycles. The maximum absolute atomic E-state index is 12.3. The van der Waals surface area contributed by atoms with Gasteiger partial charge in [-0.05, 0) is 61.7 Å². The van der Waals surface area contributed by atoms with Gasteiger partial charge in [0.05, 0.1) is 16.3 Å². The maximum atomic E-state index is 12.3. The molecule has 0 atom stereocenters. The lowest BCUT2D eigenvalue weighted by molar-refractivity contribution is -0.118. The Morgan fingerprint density at radius 3 is 2.75 bits per heavy atom. The molecule has 0 aliphatic carbocycles. The number of carbonyl (C=O) groups excluding carboxylic acids is 1. The fourth-order valence-electron chi connectivity index (χ4n) is 3.33. The molecule has 4 rings (SSSR count). The molecule has 0 fully saturated rings. The summed E-state index contributed by atoms with van der Waals surface area (Å²) in [6, 6.07) is 12.1. The largest absolute Gasteiger partial charge is 0.454 e. The number of pyridine rings is 1. The Morgan fingerprint density at radius 2 is 1.89 bits per heavy atom. The number of thioether (sulfide) groups is 1. The van der Waals surface area contributed by atoms with Gasteiger partial charge in [0.25, 0.3) is 0 Å². The van der Waals surface area contributed by atoms with Crippen LogP contribution in [0.2, 0.25) is 0 Å². The molecule has 1 aromatic heterocycles. The highest BCUT2D eigenvalue weighted by molar-refractivity contribution is 7.99. The summed E-state index contributed by atoms with van der Waals surface area (Å²) in [4.78, 5) is 17.0. The van der Waals surface area contributed by atoms with Crippen molar-refractivity contribution in [3.05, 3.63) is 58.7 Å². The third-order valence-electron chi connectivity index (χ3n) is 4.71. The molecule has 0 spiro atoms. The van der Waals surface area contributed by atoms with E-state index in [4.69, 9.17) is 14.5 Å². The Bertz CT molecular complexity index is 1070. The van der Waals surface area contributed by atoms with Gasteiger partial charge in [-0.1, -0.05) is 29.5 Å². The van der Waals surface area contributed by atoms with Gasteiger partial charge in [-0.3, -0.25) is 4.79 Å². The highest BCUT2D eigenvalue weighted by Crippen LogP contribution is 2.32. The average molecular weight is 394 g/mol. The zero-order valence-corrected chi connectivity index (χ0v) is 17.0. The van der Waals surface area contributed by atoms with Crippen molar-refractivity contribution in [3.8, 4) is 11.5 Å². The third-order valence-corrected chi connectivity index (χ3v) is 5.62. The van der Waals surface area contributed by atoms with E-state index in [1.165, 1.54) is 28.3 Å². The van der Waals surface area contributed by atoms with Crippen molar-refractivity contribution in [2.75, 3.05) is 12.5 Å². The summed E-state index contributed by atoms with van der Waals surface area (Å²) in [7, 11) is 0. The minimum Gasteiger partial charge on any atom is -0.454 e. The predicted molar refractivity (Wildman–Crippen MR) is 111 cm³/mol. The molecular weight excluding hydrogens is 372 g/mol. The number of hydrogen-bond acceptors (Lipinski definition) is 5. The van der Waals surface area contributed by atoms with Gasteiger partial charge in [-0.2, -0.15) is 0 Å². The second-order valence-corrected chi connectivity index (χ2v) is 8.00. The number of ether oxygens (including phenoxy) is 2. The summed E-state index contributed by atoms with van der Waals surface area (Å²) in [5.41, 5.74) is 5.56. The van der Waals surface area contributed by atoms with E-state index in [9.17, 15) is 4.79 Å². The van der Waals surface area contributed by atoms with Gasteiger partial charge in [0.2, 0.25) is 12.7 Å². The molecule has 28 heavy (non-hydrogen) atoms. The summed E-state index contributed by atoms with van der Waals surface area (Å²) in [6.45, 7) is 6.97. The van der Waals surface area contributed by atoms with Crippen molar-refractivity contribution in [2.24, 2.45) is 0 Å². The number of hydrogen-bond donors (Lipinski definition) is 1. The SMILES string of the molecule is Cc1cc(C)c2nc(SCC(=O)NCc3ccc4c(c3)OCO4)cc(C)c2c1. The first-order valence-electron chi connectivity index (χ1n) is 9.16. The fraction of sp³-hybridized carbons (Fsp3) is 0.273. The van der Waals surface area contributed by atoms with Crippen molar-refractivity contribution in [3.63, 3.8) is 0 Å². The highest BCUT2D eigenvalue weighted by Gasteiger charge is 2.14. The van der Waals surface area contributed by atoms with Gasteiger partial charge < -0.3 is 14.8 Å².